The molecule has 0 amide bonds. The molecule has 0 saturated carbocycles. The molecule has 0 aliphatic carbocycles. The van der Waals surface area contributed by atoms with Crippen LogP contribution in [-0.2, 0) is 4.79 Å². The minimum Gasteiger partial charge on any atom is -0.481 e. The Hall–Kier alpha value is -2.49. The molecule has 1 N–H and O–H groups in total. The van der Waals surface area contributed by atoms with Crippen molar-refractivity contribution in [1.29, 1.82) is 0 Å². The summed E-state index contributed by atoms with van der Waals surface area (Å²) in [7, 11) is 0. The van der Waals surface area contributed by atoms with Crippen molar-refractivity contribution in [2.45, 2.75) is 12.7 Å². The Balaban J connectivity index is 2.06. The van der Waals surface area contributed by atoms with Crippen LogP contribution in [0.2, 0.25) is 0 Å². The van der Waals surface area contributed by atoms with Crippen LogP contribution < -0.4 is 9.47 Å². The molecular formula is C15H14O4. The number of carboxylic acid groups (broad SMARTS) is 1. The van der Waals surface area contributed by atoms with E-state index in [1.807, 2.05) is 36.4 Å². The topological polar surface area (TPSA) is 55.8 Å². The molecule has 2 aromatic carbocycles. The minimum atomic E-state index is -0.975. The molecule has 4 nitrogen and oxygen atoms in total. The summed E-state index contributed by atoms with van der Waals surface area (Å²) < 4.78 is 11.1. The average Bonchev–Trinajstić information content (AvgIpc) is 2.40. The highest BCUT2D eigenvalue weighted by atomic mass is 16.7. The number of hydrogen-bond acceptors (Lipinski definition) is 3. The van der Waals surface area contributed by atoms with Crippen molar-refractivity contribution in [3.05, 3.63) is 60.7 Å². The highest BCUT2D eigenvalue weighted by Crippen LogP contribution is 2.17. The fourth-order valence-corrected chi connectivity index (χ4v) is 1.55. The van der Waals surface area contributed by atoms with Gasteiger partial charge in [-0.15, -0.1) is 0 Å². The average molecular weight is 258 g/mol. The SMILES string of the molecule is O=C(O)CC(Oc1ccccc1)Oc1ccccc1. The molecule has 0 aromatic heterocycles. The first-order valence-electron chi connectivity index (χ1n) is 5.89. The summed E-state index contributed by atoms with van der Waals surface area (Å²) in [5.74, 6) is 0.172. The lowest BCUT2D eigenvalue weighted by molar-refractivity contribution is -0.142. The minimum absolute atomic E-state index is 0.232. The molecule has 0 bridgehead atoms. The van der Waals surface area contributed by atoms with E-state index in [0.717, 1.165) is 0 Å². The predicted octanol–water partition coefficient (Wildman–Crippen LogP) is 2.95. The molecule has 0 radical (unpaired) electrons. The Labute approximate surface area is 111 Å². The lowest BCUT2D eigenvalue weighted by Gasteiger charge is -2.19. The van der Waals surface area contributed by atoms with Crippen LogP contribution in [0, 0.1) is 0 Å². The van der Waals surface area contributed by atoms with Crippen LogP contribution in [0.15, 0.2) is 60.7 Å². The molecule has 0 saturated heterocycles. The van der Waals surface area contributed by atoms with E-state index in [4.69, 9.17) is 14.6 Å². The van der Waals surface area contributed by atoms with E-state index in [-0.39, 0.29) is 6.42 Å². The maximum atomic E-state index is 10.8. The second-order valence-corrected chi connectivity index (χ2v) is 3.89. The van der Waals surface area contributed by atoms with E-state index in [0.29, 0.717) is 11.5 Å². The van der Waals surface area contributed by atoms with Gasteiger partial charge in [0.25, 0.3) is 6.29 Å². The molecule has 2 rings (SSSR count). The molecule has 0 atom stereocenters. The number of para-hydroxylation sites is 2. The van der Waals surface area contributed by atoms with Crippen molar-refractivity contribution >= 4 is 5.97 Å². The molecule has 0 unspecified atom stereocenters. The summed E-state index contributed by atoms with van der Waals surface area (Å²) >= 11 is 0. The summed E-state index contributed by atoms with van der Waals surface area (Å²) in [5.41, 5.74) is 0. The number of benzene rings is 2. The molecule has 19 heavy (non-hydrogen) atoms. The maximum Gasteiger partial charge on any atom is 0.310 e. The zero-order valence-electron chi connectivity index (χ0n) is 10.2. The van der Waals surface area contributed by atoms with Gasteiger partial charge < -0.3 is 14.6 Å². The predicted molar refractivity (Wildman–Crippen MR) is 70.2 cm³/mol. The Morgan fingerprint density at radius 2 is 1.32 bits per heavy atom. The highest BCUT2D eigenvalue weighted by molar-refractivity contribution is 5.67. The Bertz CT molecular complexity index is 469. The van der Waals surface area contributed by atoms with Gasteiger partial charge in [0.1, 0.15) is 17.9 Å². The number of hydrogen-bond donors (Lipinski definition) is 1. The zero-order valence-corrected chi connectivity index (χ0v) is 10.2. The van der Waals surface area contributed by atoms with Gasteiger partial charge in [-0.2, -0.15) is 0 Å². The summed E-state index contributed by atoms with van der Waals surface area (Å²) in [4.78, 5) is 10.8. The van der Waals surface area contributed by atoms with Gasteiger partial charge in [-0.3, -0.25) is 4.79 Å². The van der Waals surface area contributed by atoms with Crippen LogP contribution in [0.5, 0.6) is 11.5 Å². The van der Waals surface area contributed by atoms with E-state index in [1.54, 1.807) is 24.3 Å². The molecule has 0 fully saturated rings. The Kier molecular flexibility index (Phi) is 4.39. The van der Waals surface area contributed by atoms with Gasteiger partial charge >= 0.3 is 5.97 Å². The van der Waals surface area contributed by atoms with Gasteiger partial charge in [-0.25, -0.2) is 0 Å². The number of carbonyl (C=O) groups is 1. The van der Waals surface area contributed by atoms with Gasteiger partial charge in [-0.1, -0.05) is 36.4 Å². The molecule has 0 aliphatic rings. The number of rotatable bonds is 6. The second-order valence-electron chi connectivity index (χ2n) is 3.89. The van der Waals surface area contributed by atoms with Crippen molar-refractivity contribution < 1.29 is 19.4 Å². The van der Waals surface area contributed by atoms with Crippen LogP contribution in [0.3, 0.4) is 0 Å². The maximum absolute atomic E-state index is 10.8. The van der Waals surface area contributed by atoms with Crippen molar-refractivity contribution in [2.24, 2.45) is 0 Å². The standard InChI is InChI=1S/C15H14O4/c16-14(17)11-15(18-12-7-3-1-4-8-12)19-13-9-5-2-6-10-13/h1-10,15H,11H2,(H,16,17). The molecule has 2 aromatic rings. The fourth-order valence-electron chi connectivity index (χ4n) is 1.55. The second kappa shape index (κ2) is 6.44. The summed E-state index contributed by atoms with van der Waals surface area (Å²) in [6.07, 6.45) is -1.09. The quantitative estimate of drug-likeness (QED) is 0.809. The van der Waals surface area contributed by atoms with E-state index >= 15 is 0 Å². The number of aliphatic carboxylic acids is 1. The van der Waals surface area contributed by atoms with Crippen LogP contribution in [0.1, 0.15) is 6.42 Å². The third-order valence-electron chi connectivity index (χ3n) is 2.36. The molecule has 4 heteroatoms. The van der Waals surface area contributed by atoms with Gasteiger partial charge in [0.2, 0.25) is 0 Å². The summed E-state index contributed by atoms with van der Waals surface area (Å²) in [6, 6.07) is 18.0. The number of carboxylic acids is 1. The molecule has 0 aliphatic heterocycles. The molecule has 0 spiro atoms. The van der Waals surface area contributed by atoms with Crippen LogP contribution >= 0.6 is 0 Å². The first-order chi connectivity index (χ1) is 9.24. The Morgan fingerprint density at radius 3 is 1.68 bits per heavy atom. The van der Waals surface area contributed by atoms with Crippen molar-refractivity contribution in [3.63, 3.8) is 0 Å². The lowest BCUT2D eigenvalue weighted by Crippen LogP contribution is -2.27. The molecule has 0 heterocycles. The zero-order chi connectivity index (χ0) is 13.5. The Morgan fingerprint density at radius 1 is 0.895 bits per heavy atom. The normalized spacial score (nSPS) is 10.2. The van der Waals surface area contributed by atoms with Crippen molar-refractivity contribution in [2.75, 3.05) is 0 Å². The van der Waals surface area contributed by atoms with Gasteiger partial charge in [-0.05, 0) is 24.3 Å². The van der Waals surface area contributed by atoms with Crippen molar-refractivity contribution in [1.82, 2.24) is 0 Å². The largest absolute Gasteiger partial charge is 0.481 e. The van der Waals surface area contributed by atoms with Gasteiger partial charge in [0.05, 0.1) is 0 Å². The van der Waals surface area contributed by atoms with Crippen LogP contribution in [0.4, 0.5) is 0 Å². The number of ether oxygens (including phenoxy) is 2. The monoisotopic (exact) mass is 258 g/mol. The van der Waals surface area contributed by atoms with Gasteiger partial charge in [0.15, 0.2) is 0 Å². The third-order valence-corrected chi connectivity index (χ3v) is 2.36. The first-order valence-corrected chi connectivity index (χ1v) is 5.89. The van der Waals surface area contributed by atoms with E-state index < -0.39 is 12.3 Å². The van der Waals surface area contributed by atoms with E-state index in [9.17, 15) is 4.79 Å². The first kappa shape index (κ1) is 13.0. The summed E-state index contributed by atoms with van der Waals surface area (Å²) in [6.45, 7) is 0. The van der Waals surface area contributed by atoms with Crippen LogP contribution in [0.25, 0.3) is 0 Å². The van der Waals surface area contributed by atoms with E-state index in [1.165, 1.54) is 0 Å². The fraction of sp³-hybridized carbons (Fsp3) is 0.133. The van der Waals surface area contributed by atoms with Crippen LogP contribution in [-0.4, -0.2) is 17.4 Å². The highest BCUT2D eigenvalue weighted by Gasteiger charge is 2.16. The molecule has 98 valence electrons. The third kappa shape index (κ3) is 4.35. The smallest absolute Gasteiger partial charge is 0.310 e. The van der Waals surface area contributed by atoms with E-state index in [2.05, 4.69) is 0 Å². The summed E-state index contributed by atoms with van der Waals surface area (Å²) in [5, 5.41) is 8.88. The molecular weight excluding hydrogens is 244 g/mol. The van der Waals surface area contributed by atoms with Crippen molar-refractivity contribution in [3.8, 4) is 11.5 Å². The van der Waals surface area contributed by atoms with Gasteiger partial charge in [0, 0.05) is 0 Å². The lowest BCUT2D eigenvalue weighted by atomic mass is 10.3.